The van der Waals surface area contributed by atoms with Crippen LogP contribution in [-0.2, 0) is 0 Å². The highest BCUT2D eigenvalue weighted by molar-refractivity contribution is 7.19. The van der Waals surface area contributed by atoms with Gasteiger partial charge < -0.3 is 15.1 Å². The highest BCUT2D eigenvalue weighted by atomic mass is 35.5. The van der Waals surface area contributed by atoms with E-state index < -0.39 is 6.15 Å². The predicted octanol–water partition coefficient (Wildman–Crippen LogP) is 8.28. The largest absolute Gasteiger partial charge is 0.477 e. The summed E-state index contributed by atoms with van der Waals surface area (Å²) in [5, 5.41) is 5.16. The predicted molar refractivity (Wildman–Crippen MR) is 252 cm³/mol. The van der Waals surface area contributed by atoms with Crippen LogP contribution in [0.4, 0.5) is 22.9 Å². The second-order valence-corrected chi connectivity index (χ2v) is 16.1. The normalized spacial score (nSPS) is 13.7. The number of nitrogens with zero attached hydrogens (tertiary/aromatic N) is 7. The second-order valence-electron chi connectivity index (χ2n) is 15.8. The molecule has 0 radical (unpaired) electrons. The number of aromatic nitrogens is 4. The molecule has 0 bridgehead atoms. The number of anilines is 2. The van der Waals surface area contributed by atoms with Crippen LogP contribution in [0.5, 0.6) is 0 Å². The molecule has 8 aromatic rings. The summed E-state index contributed by atoms with van der Waals surface area (Å²) in [5.41, 5.74) is 8.59. The van der Waals surface area contributed by atoms with Crippen LogP contribution in [-0.4, -0.2) is 42.3 Å². The summed E-state index contributed by atoms with van der Waals surface area (Å²) in [4.78, 5) is 14.4. The van der Waals surface area contributed by atoms with E-state index in [4.69, 9.17) is 26.9 Å². The maximum Gasteiger partial charge on any atom is 0.477 e. The molecule has 0 unspecified atom stereocenters. The van der Waals surface area contributed by atoms with Crippen LogP contribution < -0.4 is 40.8 Å². The molecule has 10 rings (SSSR count). The summed E-state index contributed by atoms with van der Waals surface area (Å²) in [6.45, 7) is 4.42. The topological polar surface area (TPSA) is 54.1 Å². The van der Waals surface area contributed by atoms with E-state index in [0.29, 0.717) is 22.6 Å². The zero-order chi connectivity index (χ0) is 41.3. The lowest BCUT2D eigenvalue weighted by Crippen LogP contribution is -2.74. The summed E-state index contributed by atoms with van der Waals surface area (Å²) in [5.74, 6) is 1.56. The van der Waals surface area contributed by atoms with Gasteiger partial charge in [-0.15, -0.1) is 0 Å². The molecule has 5 heterocycles. The van der Waals surface area contributed by atoms with Crippen molar-refractivity contribution in [3.63, 3.8) is 0 Å². The lowest BCUT2D eigenvalue weighted by Gasteiger charge is -2.44. The van der Waals surface area contributed by atoms with Crippen molar-refractivity contribution in [2.75, 3.05) is 36.0 Å². The first-order valence-electron chi connectivity index (χ1n) is 21.4. The molecule has 2 aliphatic heterocycles. The third-order valence-corrected chi connectivity index (χ3v) is 12.4. The van der Waals surface area contributed by atoms with Gasteiger partial charge in [0.05, 0.1) is 24.8 Å². The van der Waals surface area contributed by atoms with Crippen molar-refractivity contribution in [3.8, 4) is 11.8 Å². The lowest BCUT2D eigenvalue weighted by atomic mass is 9.13. The van der Waals surface area contributed by atoms with Gasteiger partial charge in [0.1, 0.15) is 6.15 Å². The van der Waals surface area contributed by atoms with Gasteiger partial charge in [0.25, 0.3) is 0 Å². The molecule has 302 valence electrons. The molecule has 9 heteroatoms. The molecular weight excluding hydrogens is 769 g/mol. The summed E-state index contributed by atoms with van der Waals surface area (Å²) in [6, 6.07) is 61.8. The molecule has 61 heavy (non-hydrogen) atoms. The quantitative estimate of drug-likeness (QED) is 0.103. The SMILES string of the molecule is Clc1c([N-]c2ccccc2)nc(-[n+]2ccc(N3CCCC3)cc2)nc1-[n+]1ccc(N2CCCC2)cc1.c1ccc([B-](c2ccccc2)(c2ccccc2)c2ccccc2)cc1. The van der Waals surface area contributed by atoms with E-state index in [0.717, 1.165) is 31.9 Å². The summed E-state index contributed by atoms with van der Waals surface area (Å²) < 4.78 is 3.86. The molecular formula is C52H49BClN7. The van der Waals surface area contributed by atoms with Gasteiger partial charge in [-0.2, -0.15) is 26.4 Å². The number of rotatable bonds is 10. The van der Waals surface area contributed by atoms with Crippen molar-refractivity contribution in [1.29, 1.82) is 0 Å². The number of pyridine rings is 2. The van der Waals surface area contributed by atoms with Gasteiger partial charge in [-0.25, -0.2) is 4.57 Å². The fraction of sp³-hybridized carbons (Fsp3) is 0.154. The molecule has 0 N–H and O–H groups in total. The molecule has 0 aliphatic carbocycles. The van der Waals surface area contributed by atoms with E-state index in [1.807, 2.05) is 64.3 Å². The van der Waals surface area contributed by atoms with Crippen LogP contribution in [0.2, 0.25) is 5.02 Å². The zero-order valence-electron chi connectivity index (χ0n) is 34.3. The first-order valence-corrected chi connectivity index (χ1v) is 21.8. The smallest absolute Gasteiger partial charge is 0.400 e. The Morgan fingerprint density at radius 2 is 0.803 bits per heavy atom. The van der Waals surface area contributed by atoms with Crippen LogP contribution in [0.1, 0.15) is 25.7 Å². The van der Waals surface area contributed by atoms with Crippen LogP contribution in [0, 0.1) is 0 Å². The van der Waals surface area contributed by atoms with E-state index in [2.05, 4.69) is 155 Å². The van der Waals surface area contributed by atoms with Crippen LogP contribution in [0.3, 0.4) is 0 Å². The molecule has 0 amide bonds. The number of para-hydroxylation sites is 1. The fourth-order valence-corrected chi connectivity index (χ4v) is 9.23. The molecule has 0 atom stereocenters. The Bertz CT molecular complexity index is 2440. The van der Waals surface area contributed by atoms with E-state index in [1.54, 1.807) is 0 Å². The molecule has 3 aromatic heterocycles. The molecule has 5 aromatic carbocycles. The van der Waals surface area contributed by atoms with Gasteiger partial charge in [-0.05, 0) is 43.5 Å². The minimum absolute atomic E-state index is 0.413. The van der Waals surface area contributed by atoms with Gasteiger partial charge in [-0.3, -0.25) is 0 Å². The molecule has 7 nitrogen and oxygen atoms in total. The lowest BCUT2D eigenvalue weighted by molar-refractivity contribution is -0.614. The Morgan fingerprint density at radius 3 is 1.20 bits per heavy atom. The molecule has 2 aliphatic rings. The van der Waals surface area contributed by atoms with Crippen LogP contribution in [0.25, 0.3) is 17.1 Å². The third-order valence-electron chi connectivity index (χ3n) is 12.0. The highest BCUT2D eigenvalue weighted by Crippen LogP contribution is 2.36. The van der Waals surface area contributed by atoms with Gasteiger partial charge in [-0.1, -0.05) is 168 Å². The molecule has 0 saturated carbocycles. The minimum Gasteiger partial charge on any atom is -0.400 e. The molecule has 0 spiro atoms. The maximum atomic E-state index is 6.86. The van der Waals surface area contributed by atoms with Crippen LogP contribution >= 0.6 is 11.6 Å². The zero-order valence-corrected chi connectivity index (χ0v) is 35.1. The van der Waals surface area contributed by atoms with Crippen molar-refractivity contribution >= 4 is 62.5 Å². The Morgan fingerprint density at radius 1 is 0.443 bits per heavy atom. The monoisotopic (exact) mass is 817 g/mol. The van der Waals surface area contributed by atoms with Crippen molar-refractivity contribution in [2.45, 2.75) is 25.7 Å². The van der Waals surface area contributed by atoms with Crippen molar-refractivity contribution in [1.82, 2.24) is 9.97 Å². The first kappa shape index (κ1) is 39.7. The molecule has 2 fully saturated rings. The number of hydrogen-bond donors (Lipinski definition) is 0. The summed E-state index contributed by atoms with van der Waals surface area (Å²) in [6.07, 6.45) is 11.8. The van der Waals surface area contributed by atoms with Crippen LogP contribution in [0.15, 0.2) is 201 Å². The van der Waals surface area contributed by atoms with E-state index in [1.165, 1.54) is 58.9 Å². The van der Waals surface area contributed by atoms with Crippen molar-refractivity contribution < 1.29 is 9.13 Å². The third kappa shape index (κ3) is 8.63. The standard InChI is InChI=1S/C28H29ClN7.C24H20B/c29-25-26(30-22-8-2-1-3-9-22)31-28(36-20-12-24(13-21-36)34-16-6-7-17-34)32-27(25)35-18-10-23(11-19-35)33-14-4-5-15-33;1-5-13-21(14-6-1)25(22-15-7-2-8-16-22,23-17-9-3-10-18-23)24-19-11-4-12-20-24/h1-3,8-13,18-21H,4-7,14-17H2;1-20H/q+1;-1. The average molecular weight is 818 g/mol. The van der Waals surface area contributed by atoms with Crippen molar-refractivity contribution in [2.24, 2.45) is 0 Å². The van der Waals surface area contributed by atoms with E-state index in [9.17, 15) is 0 Å². The second kappa shape index (κ2) is 18.7. The number of benzene rings is 5. The van der Waals surface area contributed by atoms with Gasteiger partial charge in [0.2, 0.25) is 0 Å². The average Bonchev–Trinajstić information content (AvgIpc) is 4.09. The highest BCUT2D eigenvalue weighted by Gasteiger charge is 2.31. The Hall–Kier alpha value is -6.77. The summed E-state index contributed by atoms with van der Waals surface area (Å²) >= 11 is 6.86. The number of halogens is 1. The van der Waals surface area contributed by atoms with E-state index in [-0.39, 0.29) is 0 Å². The van der Waals surface area contributed by atoms with Gasteiger partial charge in [0, 0.05) is 54.7 Å². The Balaban J connectivity index is 0.000000167. The Labute approximate surface area is 364 Å². The summed E-state index contributed by atoms with van der Waals surface area (Å²) in [7, 11) is 0. The maximum absolute atomic E-state index is 6.86. The fourth-order valence-electron chi connectivity index (χ4n) is 9.00. The minimum atomic E-state index is -1.22. The Kier molecular flexibility index (Phi) is 12.1. The van der Waals surface area contributed by atoms with Gasteiger partial charge in [0.15, 0.2) is 10.8 Å². The van der Waals surface area contributed by atoms with E-state index >= 15 is 0 Å². The molecule has 2 saturated heterocycles. The number of hydrogen-bond acceptors (Lipinski definition) is 4. The van der Waals surface area contributed by atoms with Gasteiger partial charge >= 0.3 is 11.8 Å². The first-order chi connectivity index (χ1) is 30.2. The van der Waals surface area contributed by atoms with Crippen molar-refractivity contribution in [3.05, 3.63) is 211 Å².